The van der Waals surface area contributed by atoms with Gasteiger partial charge >= 0.3 is 0 Å². The van der Waals surface area contributed by atoms with E-state index in [2.05, 4.69) is 25.7 Å². The van der Waals surface area contributed by atoms with Crippen molar-refractivity contribution in [1.29, 1.82) is 0 Å². The fourth-order valence-corrected chi connectivity index (χ4v) is 1.89. The van der Waals surface area contributed by atoms with E-state index in [1.165, 1.54) is 11.8 Å². The summed E-state index contributed by atoms with van der Waals surface area (Å²) >= 11 is 1.45. The van der Waals surface area contributed by atoms with Crippen LogP contribution in [0.1, 0.15) is 5.56 Å². The second-order valence-electron chi connectivity index (χ2n) is 3.83. The van der Waals surface area contributed by atoms with Crippen LogP contribution in [0.2, 0.25) is 0 Å². The SMILES string of the molecule is COc1ccc(CNc2cc(NN)nc(SC)n2)cn1. The maximum absolute atomic E-state index is 5.38. The molecule has 0 aromatic carbocycles. The number of pyridine rings is 1. The molecule has 0 saturated carbocycles. The van der Waals surface area contributed by atoms with E-state index >= 15 is 0 Å². The van der Waals surface area contributed by atoms with Gasteiger partial charge in [0.15, 0.2) is 5.16 Å². The highest BCUT2D eigenvalue weighted by Gasteiger charge is 2.03. The summed E-state index contributed by atoms with van der Waals surface area (Å²) in [5.41, 5.74) is 3.55. The molecule has 0 unspecified atom stereocenters. The standard InChI is InChI=1S/C12H16N6OS/c1-19-11-4-3-8(7-15-11)6-14-9-5-10(18-13)17-12(16-9)20-2/h3-5,7H,6,13H2,1-2H3,(H2,14,16,17,18). The third-order valence-corrected chi connectivity index (χ3v) is 3.06. The molecule has 0 fully saturated rings. The Morgan fingerprint density at radius 1 is 1.30 bits per heavy atom. The van der Waals surface area contributed by atoms with Crippen LogP contribution >= 0.6 is 11.8 Å². The molecule has 0 aliphatic heterocycles. The highest BCUT2D eigenvalue weighted by molar-refractivity contribution is 7.98. The first-order valence-corrected chi connectivity index (χ1v) is 7.10. The van der Waals surface area contributed by atoms with Gasteiger partial charge in [-0.1, -0.05) is 17.8 Å². The zero-order valence-corrected chi connectivity index (χ0v) is 12.1. The molecule has 2 heterocycles. The highest BCUT2D eigenvalue weighted by atomic mass is 32.2. The average Bonchev–Trinajstić information content (AvgIpc) is 2.53. The molecule has 0 radical (unpaired) electrons. The Balaban J connectivity index is 2.05. The summed E-state index contributed by atoms with van der Waals surface area (Å²) in [6.07, 6.45) is 3.66. The number of rotatable bonds is 6. The monoisotopic (exact) mass is 292 g/mol. The van der Waals surface area contributed by atoms with Crippen molar-refractivity contribution in [2.24, 2.45) is 5.84 Å². The van der Waals surface area contributed by atoms with Gasteiger partial charge < -0.3 is 15.5 Å². The van der Waals surface area contributed by atoms with Crippen LogP contribution in [-0.4, -0.2) is 28.3 Å². The Kier molecular flexibility index (Phi) is 4.97. The van der Waals surface area contributed by atoms with Crippen molar-refractivity contribution >= 4 is 23.4 Å². The average molecular weight is 292 g/mol. The van der Waals surface area contributed by atoms with E-state index in [9.17, 15) is 0 Å². The van der Waals surface area contributed by atoms with E-state index in [0.29, 0.717) is 29.2 Å². The van der Waals surface area contributed by atoms with Crippen molar-refractivity contribution in [3.05, 3.63) is 30.0 Å². The van der Waals surface area contributed by atoms with E-state index < -0.39 is 0 Å². The molecule has 2 aromatic rings. The van der Waals surface area contributed by atoms with Gasteiger partial charge in [0, 0.05) is 24.9 Å². The van der Waals surface area contributed by atoms with Crippen LogP contribution in [0.25, 0.3) is 0 Å². The molecule has 0 amide bonds. The molecule has 8 heteroatoms. The summed E-state index contributed by atoms with van der Waals surface area (Å²) < 4.78 is 5.02. The van der Waals surface area contributed by atoms with Crippen LogP contribution in [0.15, 0.2) is 29.6 Å². The number of hydrazine groups is 1. The van der Waals surface area contributed by atoms with Crippen LogP contribution in [-0.2, 0) is 6.54 Å². The second kappa shape index (κ2) is 6.92. The molecule has 0 aliphatic carbocycles. The summed E-state index contributed by atoms with van der Waals surface area (Å²) in [4.78, 5) is 12.7. The third-order valence-electron chi connectivity index (χ3n) is 2.52. The minimum atomic E-state index is 0.569. The maximum Gasteiger partial charge on any atom is 0.212 e. The first kappa shape index (κ1) is 14.4. The number of nitrogens with two attached hydrogens (primary N) is 1. The quantitative estimate of drug-likeness (QED) is 0.319. The summed E-state index contributed by atoms with van der Waals surface area (Å²) in [5, 5.41) is 3.86. The molecule has 0 spiro atoms. The Hall–Kier alpha value is -2.06. The van der Waals surface area contributed by atoms with E-state index in [4.69, 9.17) is 10.6 Å². The van der Waals surface area contributed by atoms with E-state index in [1.54, 1.807) is 19.4 Å². The molecular formula is C12H16N6OS. The summed E-state index contributed by atoms with van der Waals surface area (Å²) in [6.45, 7) is 0.603. The molecule has 0 atom stereocenters. The van der Waals surface area contributed by atoms with Gasteiger partial charge in [-0.15, -0.1) is 0 Å². The van der Waals surface area contributed by atoms with Crippen molar-refractivity contribution in [2.45, 2.75) is 11.7 Å². The third kappa shape index (κ3) is 3.72. The largest absolute Gasteiger partial charge is 0.481 e. The second-order valence-corrected chi connectivity index (χ2v) is 4.61. The van der Waals surface area contributed by atoms with Gasteiger partial charge in [-0.2, -0.15) is 0 Å². The number of thioether (sulfide) groups is 1. The highest BCUT2D eigenvalue weighted by Crippen LogP contribution is 2.17. The van der Waals surface area contributed by atoms with Crippen molar-refractivity contribution in [2.75, 3.05) is 24.1 Å². The lowest BCUT2D eigenvalue weighted by atomic mass is 10.3. The molecule has 20 heavy (non-hydrogen) atoms. The minimum Gasteiger partial charge on any atom is -0.481 e. The molecule has 7 nitrogen and oxygen atoms in total. The predicted molar refractivity (Wildman–Crippen MR) is 79.7 cm³/mol. The topological polar surface area (TPSA) is 98.0 Å². The number of ether oxygens (including phenoxy) is 1. The van der Waals surface area contributed by atoms with E-state index in [0.717, 1.165) is 5.56 Å². The van der Waals surface area contributed by atoms with Crippen molar-refractivity contribution < 1.29 is 4.74 Å². The lowest BCUT2D eigenvalue weighted by Crippen LogP contribution is -2.11. The van der Waals surface area contributed by atoms with Crippen LogP contribution in [0.4, 0.5) is 11.6 Å². The van der Waals surface area contributed by atoms with Gasteiger partial charge in [0.1, 0.15) is 11.6 Å². The van der Waals surface area contributed by atoms with Crippen LogP contribution in [0.3, 0.4) is 0 Å². The zero-order valence-electron chi connectivity index (χ0n) is 11.3. The van der Waals surface area contributed by atoms with Gasteiger partial charge in [-0.05, 0) is 11.8 Å². The molecule has 106 valence electrons. The molecule has 0 saturated heterocycles. The maximum atomic E-state index is 5.38. The lowest BCUT2D eigenvalue weighted by molar-refractivity contribution is 0.397. The Labute approximate surface area is 121 Å². The first-order chi connectivity index (χ1) is 9.75. The van der Waals surface area contributed by atoms with E-state index in [1.807, 2.05) is 18.4 Å². The predicted octanol–water partition coefficient (Wildman–Crippen LogP) is 1.50. The normalized spacial score (nSPS) is 10.2. The Morgan fingerprint density at radius 2 is 2.10 bits per heavy atom. The van der Waals surface area contributed by atoms with Crippen LogP contribution in [0.5, 0.6) is 5.88 Å². The number of hydrogen-bond donors (Lipinski definition) is 3. The molecule has 2 aromatic heterocycles. The number of methoxy groups -OCH3 is 1. The smallest absolute Gasteiger partial charge is 0.212 e. The van der Waals surface area contributed by atoms with Crippen molar-refractivity contribution in [3.63, 3.8) is 0 Å². The summed E-state index contributed by atoms with van der Waals surface area (Å²) in [6, 6.07) is 5.51. The minimum absolute atomic E-state index is 0.569. The molecular weight excluding hydrogens is 276 g/mol. The molecule has 4 N–H and O–H groups in total. The van der Waals surface area contributed by atoms with Crippen molar-refractivity contribution in [3.8, 4) is 5.88 Å². The van der Waals surface area contributed by atoms with Gasteiger partial charge in [0.2, 0.25) is 5.88 Å². The van der Waals surface area contributed by atoms with Gasteiger partial charge in [-0.25, -0.2) is 20.8 Å². The number of nitrogen functional groups attached to an aromatic ring is 1. The molecule has 0 bridgehead atoms. The fraction of sp³-hybridized carbons (Fsp3) is 0.250. The molecule has 0 aliphatic rings. The van der Waals surface area contributed by atoms with Crippen molar-refractivity contribution in [1.82, 2.24) is 15.0 Å². The molecule has 2 rings (SSSR count). The van der Waals surface area contributed by atoms with Crippen LogP contribution < -0.4 is 21.3 Å². The fourth-order valence-electron chi connectivity index (χ4n) is 1.51. The lowest BCUT2D eigenvalue weighted by Gasteiger charge is -2.09. The number of nitrogens with zero attached hydrogens (tertiary/aromatic N) is 3. The van der Waals surface area contributed by atoms with E-state index in [-0.39, 0.29) is 0 Å². The first-order valence-electron chi connectivity index (χ1n) is 5.87. The number of aromatic nitrogens is 3. The zero-order chi connectivity index (χ0) is 14.4. The van der Waals surface area contributed by atoms with Crippen LogP contribution in [0, 0.1) is 0 Å². The Morgan fingerprint density at radius 3 is 2.70 bits per heavy atom. The summed E-state index contributed by atoms with van der Waals surface area (Å²) in [7, 11) is 1.59. The van der Waals surface area contributed by atoms with Gasteiger partial charge in [-0.3, -0.25) is 0 Å². The number of anilines is 2. The number of hydrogen-bond acceptors (Lipinski definition) is 8. The van der Waals surface area contributed by atoms with Gasteiger partial charge in [0.05, 0.1) is 7.11 Å². The Bertz CT molecular complexity index is 540. The summed E-state index contributed by atoms with van der Waals surface area (Å²) in [5.74, 6) is 7.24. The number of nitrogens with one attached hydrogen (secondary N) is 2. The van der Waals surface area contributed by atoms with Gasteiger partial charge in [0.25, 0.3) is 0 Å².